The second-order valence-corrected chi connectivity index (χ2v) is 7.39. The van der Waals surface area contributed by atoms with Crippen LogP contribution in [-0.4, -0.2) is 23.2 Å². The van der Waals surface area contributed by atoms with Crippen molar-refractivity contribution < 1.29 is 17.2 Å². The molecule has 0 bridgehead atoms. The van der Waals surface area contributed by atoms with Crippen LogP contribution in [0.15, 0.2) is 17.3 Å². The Morgan fingerprint density at radius 3 is 2.48 bits per heavy atom. The molecule has 5 nitrogen and oxygen atoms in total. The highest BCUT2D eigenvalue weighted by atomic mass is 35.7. The molecule has 0 atom stereocenters. The average molecular weight is 334 g/mol. The van der Waals surface area contributed by atoms with Crippen molar-refractivity contribution in [2.24, 2.45) is 0 Å². The predicted octanol–water partition coefficient (Wildman–Crippen LogP) is 2.79. The number of nitrogens with zero attached hydrogens (tertiary/aromatic N) is 3. The minimum absolute atomic E-state index is 0.000123. The van der Waals surface area contributed by atoms with Crippen LogP contribution in [-0.2, 0) is 9.05 Å². The molecule has 112 valence electrons. The molecule has 1 aromatic heterocycles. The lowest BCUT2D eigenvalue weighted by Gasteiger charge is -2.09. The second-order valence-electron chi connectivity index (χ2n) is 4.93. The van der Waals surface area contributed by atoms with Gasteiger partial charge in [0.25, 0.3) is 14.2 Å². The van der Waals surface area contributed by atoms with Crippen molar-refractivity contribution in [3.63, 3.8) is 0 Å². The lowest BCUT2D eigenvalue weighted by atomic mass is 10.1. The topological polar surface area (TPSA) is 64.8 Å². The third-order valence-electron chi connectivity index (χ3n) is 3.28. The van der Waals surface area contributed by atoms with Crippen LogP contribution in [0.2, 0.25) is 0 Å². The van der Waals surface area contributed by atoms with E-state index in [2.05, 4.69) is 10.2 Å². The van der Waals surface area contributed by atoms with Crippen molar-refractivity contribution in [2.75, 3.05) is 0 Å². The number of halogens is 3. The van der Waals surface area contributed by atoms with Gasteiger partial charge in [0, 0.05) is 22.8 Å². The van der Waals surface area contributed by atoms with Crippen molar-refractivity contribution in [2.45, 2.75) is 31.0 Å². The van der Waals surface area contributed by atoms with E-state index in [1.807, 2.05) is 0 Å². The first-order valence-corrected chi connectivity index (χ1v) is 8.45. The van der Waals surface area contributed by atoms with Crippen LogP contribution in [0.25, 0.3) is 11.4 Å². The zero-order valence-corrected chi connectivity index (χ0v) is 12.4. The van der Waals surface area contributed by atoms with E-state index in [0.717, 1.165) is 18.9 Å². The summed E-state index contributed by atoms with van der Waals surface area (Å²) in [5, 5.41) is 6.87. The summed E-state index contributed by atoms with van der Waals surface area (Å²) in [5.41, 5.74) is 0.229. The van der Waals surface area contributed by atoms with E-state index < -0.39 is 25.8 Å². The number of aryl methyl sites for hydroxylation is 1. The van der Waals surface area contributed by atoms with Gasteiger partial charge in [0.2, 0.25) is 0 Å². The third-order valence-corrected chi connectivity index (χ3v) is 4.41. The maximum atomic E-state index is 14.0. The normalized spacial score (nSPS) is 15.4. The standard InChI is InChI=1S/C12H10ClF2N3O2S/c1-6-4-8(10(15)5-9(6)14)11-16-17-12(21(13,19)20)18(11)7-2-3-7/h4-5,7H,2-3H2,1H3. The van der Waals surface area contributed by atoms with Gasteiger partial charge in [-0.25, -0.2) is 17.2 Å². The van der Waals surface area contributed by atoms with E-state index in [4.69, 9.17) is 10.7 Å². The Morgan fingerprint density at radius 2 is 1.90 bits per heavy atom. The molecule has 0 radical (unpaired) electrons. The Morgan fingerprint density at radius 1 is 1.24 bits per heavy atom. The lowest BCUT2D eigenvalue weighted by molar-refractivity contribution is 0.570. The summed E-state index contributed by atoms with van der Waals surface area (Å²) in [6.07, 6.45) is 1.46. The van der Waals surface area contributed by atoms with Crippen LogP contribution in [0.4, 0.5) is 8.78 Å². The summed E-state index contributed by atoms with van der Waals surface area (Å²) < 4.78 is 51.7. The number of hydrogen-bond donors (Lipinski definition) is 0. The van der Waals surface area contributed by atoms with Gasteiger partial charge in [-0.1, -0.05) is 0 Å². The Hall–Kier alpha value is -1.54. The fourth-order valence-corrected chi connectivity index (χ4v) is 3.04. The fraction of sp³-hybridized carbons (Fsp3) is 0.333. The summed E-state index contributed by atoms with van der Waals surface area (Å²) in [4.78, 5) is 0. The lowest BCUT2D eigenvalue weighted by Crippen LogP contribution is -2.07. The highest BCUT2D eigenvalue weighted by molar-refractivity contribution is 8.13. The quantitative estimate of drug-likeness (QED) is 0.810. The molecule has 1 aliphatic carbocycles. The largest absolute Gasteiger partial charge is 0.296 e. The minimum atomic E-state index is -4.09. The van der Waals surface area contributed by atoms with Gasteiger partial charge in [0.1, 0.15) is 11.6 Å². The predicted molar refractivity (Wildman–Crippen MR) is 71.4 cm³/mol. The number of aromatic nitrogens is 3. The van der Waals surface area contributed by atoms with Crippen molar-refractivity contribution in [3.05, 3.63) is 29.3 Å². The molecule has 0 aliphatic heterocycles. The zero-order valence-electron chi connectivity index (χ0n) is 10.8. The Labute approximate surface area is 124 Å². The van der Waals surface area contributed by atoms with Gasteiger partial charge in [0.15, 0.2) is 5.82 Å². The summed E-state index contributed by atoms with van der Waals surface area (Å²) in [6.45, 7) is 1.48. The molecule has 0 amide bonds. The van der Waals surface area contributed by atoms with Gasteiger partial charge in [-0.05, 0) is 31.4 Å². The van der Waals surface area contributed by atoms with Crippen LogP contribution < -0.4 is 0 Å². The minimum Gasteiger partial charge on any atom is -0.294 e. The van der Waals surface area contributed by atoms with E-state index in [1.165, 1.54) is 17.6 Å². The molecule has 0 N–H and O–H groups in total. The van der Waals surface area contributed by atoms with E-state index in [9.17, 15) is 17.2 Å². The van der Waals surface area contributed by atoms with E-state index >= 15 is 0 Å². The van der Waals surface area contributed by atoms with E-state index in [0.29, 0.717) is 0 Å². The Bertz CT molecular complexity index is 831. The van der Waals surface area contributed by atoms with E-state index in [-0.39, 0.29) is 23.0 Å². The molecule has 0 saturated heterocycles. The van der Waals surface area contributed by atoms with Gasteiger partial charge < -0.3 is 0 Å². The van der Waals surface area contributed by atoms with Gasteiger partial charge in [-0.3, -0.25) is 4.57 Å². The van der Waals surface area contributed by atoms with Crippen LogP contribution in [0, 0.1) is 18.6 Å². The molecule has 1 aliphatic rings. The highest BCUT2D eigenvalue weighted by Crippen LogP contribution is 2.41. The monoisotopic (exact) mass is 333 g/mol. The molecule has 1 aromatic carbocycles. The van der Waals surface area contributed by atoms with Crippen LogP contribution in [0.5, 0.6) is 0 Å². The smallest absolute Gasteiger partial charge is 0.294 e. The van der Waals surface area contributed by atoms with Gasteiger partial charge in [0.05, 0.1) is 5.56 Å². The number of hydrogen-bond acceptors (Lipinski definition) is 4. The first-order chi connectivity index (χ1) is 9.79. The molecule has 1 saturated carbocycles. The fourth-order valence-electron chi connectivity index (χ4n) is 2.12. The molecule has 0 spiro atoms. The second kappa shape index (κ2) is 4.74. The first-order valence-electron chi connectivity index (χ1n) is 6.14. The van der Waals surface area contributed by atoms with Crippen LogP contribution in [0.3, 0.4) is 0 Å². The van der Waals surface area contributed by atoms with Crippen molar-refractivity contribution in [1.82, 2.24) is 14.8 Å². The molecule has 0 unspecified atom stereocenters. The molecule has 9 heteroatoms. The van der Waals surface area contributed by atoms with Crippen LogP contribution in [0.1, 0.15) is 24.4 Å². The summed E-state index contributed by atoms with van der Waals surface area (Å²) >= 11 is 0. The van der Waals surface area contributed by atoms with Gasteiger partial charge in [-0.2, -0.15) is 0 Å². The number of rotatable bonds is 3. The maximum absolute atomic E-state index is 14.0. The van der Waals surface area contributed by atoms with Gasteiger partial charge >= 0.3 is 0 Å². The van der Waals surface area contributed by atoms with Crippen molar-refractivity contribution in [3.8, 4) is 11.4 Å². The third kappa shape index (κ3) is 2.53. The molecule has 3 rings (SSSR count). The van der Waals surface area contributed by atoms with Crippen molar-refractivity contribution >= 4 is 19.7 Å². The van der Waals surface area contributed by atoms with Crippen LogP contribution >= 0.6 is 10.7 Å². The molecule has 21 heavy (non-hydrogen) atoms. The maximum Gasteiger partial charge on any atom is 0.296 e. The Balaban J connectivity index is 2.25. The number of benzene rings is 1. The SMILES string of the molecule is Cc1cc(-c2nnc(S(=O)(=O)Cl)n2C2CC2)c(F)cc1F. The molecule has 1 fully saturated rings. The first kappa shape index (κ1) is 14.4. The van der Waals surface area contributed by atoms with Crippen molar-refractivity contribution in [1.29, 1.82) is 0 Å². The molecular weight excluding hydrogens is 324 g/mol. The average Bonchev–Trinajstić information content (AvgIpc) is 3.11. The van der Waals surface area contributed by atoms with Gasteiger partial charge in [-0.15, -0.1) is 10.2 Å². The van der Waals surface area contributed by atoms with E-state index in [1.54, 1.807) is 0 Å². The Kier molecular flexibility index (Phi) is 3.25. The molecular formula is C12H10ClF2N3O2S. The summed E-state index contributed by atoms with van der Waals surface area (Å²) in [7, 11) is 1.24. The summed E-state index contributed by atoms with van der Waals surface area (Å²) in [6, 6.07) is 1.88. The molecule has 1 heterocycles. The molecule has 2 aromatic rings. The zero-order chi connectivity index (χ0) is 15.4. The highest BCUT2D eigenvalue weighted by Gasteiger charge is 2.34. The summed E-state index contributed by atoms with van der Waals surface area (Å²) in [5.74, 6) is -1.47.